The SMILES string of the molecule is CCCC(N)CNS(=O)(=O)N1CCC(C)CC1. The lowest BCUT2D eigenvalue weighted by molar-refractivity contribution is 0.284. The van der Waals surface area contributed by atoms with Crippen LogP contribution in [0, 0.1) is 5.92 Å². The quantitative estimate of drug-likeness (QED) is 0.740. The van der Waals surface area contributed by atoms with Crippen molar-refractivity contribution in [3.05, 3.63) is 0 Å². The minimum absolute atomic E-state index is 0.0847. The summed E-state index contributed by atoms with van der Waals surface area (Å²) >= 11 is 0. The van der Waals surface area contributed by atoms with Crippen molar-refractivity contribution >= 4 is 10.2 Å². The highest BCUT2D eigenvalue weighted by molar-refractivity contribution is 7.87. The third-order valence-electron chi connectivity index (χ3n) is 3.27. The summed E-state index contributed by atoms with van der Waals surface area (Å²) in [6, 6.07) is -0.0847. The Labute approximate surface area is 105 Å². The molecule has 1 saturated heterocycles. The summed E-state index contributed by atoms with van der Waals surface area (Å²) in [5, 5.41) is 0. The maximum atomic E-state index is 12.0. The highest BCUT2D eigenvalue weighted by atomic mass is 32.2. The smallest absolute Gasteiger partial charge is 0.279 e. The fraction of sp³-hybridized carbons (Fsp3) is 1.00. The van der Waals surface area contributed by atoms with E-state index in [0.29, 0.717) is 25.6 Å². The second-order valence-corrected chi connectivity index (χ2v) is 6.74. The largest absolute Gasteiger partial charge is 0.327 e. The summed E-state index contributed by atoms with van der Waals surface area (Å²) in [6.45, 7) is 5.79. The molecule has 3 N–H and O–H groups in total. The van der Waals surface area contributed by atoms with Crippen molar-refractivity contribution in [1.29, 1.82) is 0 Å². The van der Waals surface area contributed by atoms with Crippen LogP contribution < -0.4 is 10.5 Å². The number of piperidine rings is 1. The molecule has 0 bridgehead atoms. The molecular weight excluding hydrogens is 238 g/mol. The first kappa shape index (κ1) is 14.9. The highest BCUT2D eigenvalue weighted by Crippen LogP contribution is 2.17. The summed E-state index contributed by atoms with van der Waals surface area (Å²) in [7, 11) is -3.32. The monoisotopic (exact) mass is 263 g/mol. The molecule has 0 aliphatic carbocycles. The molecule has 1 rings (SSSR count). The van der Waals surface area contributed by atoms with Crippen LogP contribution in [0.4, 0.5) is 0 Å². The lowest BCUT2D eigenvalue weighted by atomic mass is 10.0. The van der Waals surface area contributed by atoms with Gasteiger partial charge < -0.3 is 5.73 Å². The van der Waals surface area contributed by atoms with Gasteiger partial charge in [0.1, 0.15) is 0 Å². The number of nitrogens with zero attached hydrogens (tertiary/aromatic N) is 1. The topological polar surface area (TPSA) is 75.4 Å². The molecule has 0 spiro atoms. The van der Waals surface area contributed by atoms with E-state index in [-0.39, 0.29) is 6.04 Å². The van der Waals surface area contributed by atoms with Gasteiger partial charge in [-0.1, -0.05) is 20.3 Å². The minimum Gasteiger partial charge on any atom is -0.327 e. The predicted molar refractivity (Wildman–Crippen MR) is 69.8 cm³/mol. The molecule has 102 valence electrons. The van der Waals surface area contributed by atoms with Crippen LogP contribution in [0.5, 0.6) is 0 Å². The second kappa shape index (κ2) is 6.68. The third-order valence-corrected chi connectivity index (χ3v) is 4.85. The Balaban J connectivity index is 2.40. The van der Waals surface area contributed by atoms with Gasteiger partial charge in [-0.15, -0.1) is 0 Å². The van der Waals surface area contributed by atoms with Crippen LogP contribution in [0.25, 0.3) is 0 Å². The Kier molecular flexibility index (Phi) is 5.85. The molecule has 1 heterocycles. The van der Waals surface area contributed by atoms with E-state index in [0.717, 1.165) is 25.7 Å². The van der Waals surface area contributed by atoms with E-state index in [1.807, 2.05) is 6.92 Å². The van der Waals surface area contributed by atoms with E-state index in [1.54, 1.807) is 0 Å². The van der Waals surface area contributed by atoms with Gasteiger partial charge in [0.15, 0.2) is 0 Å². The molecule has 1 aliphatic heterocycles. The normalized spacial score (nSPS) is 21.6. The van der Waals surface area contributed by atoms with Crippen molar-refractivity contribution in [2.75, 3.05) is 19.6 Å². The summed E-state index contributed by atoms with van der Waals surface area (Å²) < 4.78 is 28.1. The fourth-order valence-corrected chi connectivity index (χ4v) is 3.30. The van der Waals surface area contributed by atoms with Crippen LogP contribution in [0.1, 0.15) is 39.5 Å². The number of hydrogen-bond acceptors (Lipinski definition) is 3. The van der Waals surface area contributed by atoms with Gasteiger partial charge in [0.25, 0.3) is 10.2 Å². The molecule has 5 nitrogen and oxygen atoms in total. The van der Waals surface area contributed by atoms with Gasteiger partial charge >= 0.3 is 0 Å². The second-order valence-electron chi connectivity index (χ2n) is 4.98. The molecule has 0 saturated carbocycles. The summed E-state index contributed by atoms with van der Waals surface area (Å²) in [6.07, 6.45) is 3.72. The van der Waals surface area contributed by atoms with Crippen molar-refractivity contribution in [3.8, 4) is 0 Å². The Hall–Kier alpha value is -0.170. The zero-order valence-electron chi connectivity index (χ0n) is 10.9. The standard InChI is InChI=1S/C11H25N3O2S/c1-3-4-11(12)9-13-17(15,16)14-7-5-10(2)6-8-14/h10-11,13H,3-9,12H2,1-2H3. The van der Waals surface area contributed by atoms with E-state index < -0.39 is 10.2 Å². The van der Waals surface area contributed by atoms with Crippen molar-refractivity contribution in [2.24, 2.45) is 11.7 Å². The Morgan fingerprint density at radius 1 is 1.41 bits per heavy atom. The Morgan fingerprint density at radius 2 is 2.00 bits per heavy atom. The van der Waals surface area contributed by atoms with Crippen LogP contribution >= 0.6 is 0 Å². The molecular formula is C11H25N3O2S. The van der Waals surface area contributed by atoms with Crippen LogP contribution in [0.2, 0.25) is 0 Å². The highest BCUT2D eigenvalue weighted by Gasteiger charge is 2.26. The summed E-state index contributed by atoms with van der Waals surface area (Å²) in [5.74, 6) is 0.629. The predicted octanol–water partition coefficient (Wildman–Crippen LogP) is 0.680. The first-order valence-corrected chi connectivity index (χ1v) is 7.90. The molecule has 1 aliphatic rings. The van der Waals surface area contributed by atoms with Crippen molar-refractivity contribution in [2.45, 2.75) is 45.6 Å². The van der Waals surface area contributed by atoms with E-state index in [2.05, 4.69) is 11.6 Å². The van der Waals surface area contributed by atoms with E-state index in [9.17, 15) is 8.42 Å². The fourth-order valence-electron chi connectivity index (χ4n) is 2.00. The summed E-state index contributed by atoms with van der Waals surface area (Å²) in [4.78, 5) is 0. The van der Waals surface area contributed by atoms with Crippen LogP contribution in [-0.2, 0) is 10.2 Å². The van der Waals surface area contributed by atoms with Gasteiger partial charge in [-0.2, -0.15) is 12.7 Å². The van der Waals surface area contributed by atoms with Gasteiger partial charge in [-0.3, -0.25) is 0 Å². The summed E-state index contributed by atoms with van der Waals surface area (Å²) in [5.41, 5.74) is 5.80. The first-order chi connectivity index (χ1) is 7.95. The van der Waals surface area contributed by atoms with Crippen molar-refractivity contribution in [3.63, 3.8) is 0 Å². The lowest BCUT2D eigenvalue weighted by Crippen LogP contribution is -2.47. The van der Waals surface area contributed by atoms with E-state index in [1.165, 1.54) is 4.31 Å². The molecule has 6 heteroatoms. The lowest BCUT2D eigenvalue weighted by Gasteiger charge is -2.29. The zero-order chi connectivity index (χ0) is 12.9. The number of nitrogens with one attached hydrogen (secondary N) is 1. The maximum absolute atomic E-state index is 12.0. The van der Waals surface area contributed by atoms with E-state index >= 15 is 0 Å². The van der Waals surface area contributed by atoms with Crippen LogP contribution in [-0.4, -0.2) is 38.4 Å². The molecule has 0 amide bonds. The Bertz CT molecular complexity index is 311. The minimum atomic E-state index is -3.32. The molecule has 17 heavy (non-hydrogen) atoms. The first-order valence-electron chi connectivity index (χ1n) is 6.46. The molecule has 0 aromatic heterocycles. The number of nitrogens with two attached hydrogens (primary N) is 1. The van der Waals surface area contributed by atoms with Gasteiger partial charge in [0.2, 0.25) is 0 Å². The third kappa shape index (κ3) is 4.91. The van der Waals surface area contributed by atoms with Crippen molar-refractivity contribution in [1.82, 2.24) is 9.03 Å². The molecule has 0 aromatic carbocycles. The number of hydrogen-bond donors (Lipinski definition) is 2. The molecule has 0 radical (unpaired) electrons. The zero-order valence-corrected chi connectivity index (χ0v) is 11.7. The van der Waals surface area contributed by atoms with Crippen LogP contribution in [0.15, 0.2) is 0 Å². The van der Waals surface area contributed by atoms with E-state index in [4.69, 9.17) is 5.73 Å². The average molecular weight is 263 g/mol. The van der Waals surface area contributed by atoms with Gasteiger partial charge in [-0.05, 0) is 25.2 Å². The van der Waals surface area contributed by atoms with Gasteiger partial charge in [-0.25, -0.2) is 4.72 Å². The molecule has 1 fully saturated rings. The van der Waals surface area contributed by atoms with Crippen LogP contribution in [0.3, 0.4) is 0 Å². The van der Waals surface area contributed by atoms with Gasteiger partial charge in [0.05, 0.1) is 0 Å². The van der Waals surface area contributed by atoms with Gasteiger partial charge in [0, 0.05) is 25.7 Å². The molecule has 1 unspecified atom stereocenters. The van der Waals surface area contributed by atoms with Crippen molar-refractivity contribution < 1.29 is 8.42 Å². The Morgan fingerprint density at radius 3 is 2.53 bits per heavy atom. The number of rotatable bonds is 6. The maximum Gasteiger partial charge on any atom is 0.279 e. The molecule has 0 aromatic rings. The average Bonchev–Trinajstić information content (AvgIpc) is 2.28. The molecule has 1 atom stereocenters.